The van der Waals surface area contributed by atoms with E-state index in [1.54, 1.807) is 0 Å². The fourth-order valence-electron chi connectivity index (χ4n) is 0.600. The molecule has 0 aromatic carbocycles. The first-order valence-electron chi connectivity index (χ1n) is 3.71. The second kappa shape index (κ2) is 6.21. The molecule has 0 radical (unpaired) electrons. The summed E-state index contributed by atoms with van der Waals surface area (Å²) in [5, 5.41) is 0. The first kappa shape index (κ1) is 11.7. The zero-order valence-corrected chi connectivity index (χ0v) is 7.06. The summed E-state index contributed by atoms with van der Waals surface area (Å²) < 4.78 is 0. The van der Waals surface area contributed by atoms with E-state index in [9.17, 15) is 9.59 Å². The Bertz CT molecular complexity index is 185. The van der Waals surface area contributed by atoms with E-state index in [4.69, 9.17) is 11.5 Å². The Labute approximate surface area is 75.1 Å². The van der Waals surface area contributed by atoms with Gasteiger partial charge in [0.1, 0.15) is 6.04 Å². The molecule has 1 unspecified atom stereocenters. The smallest absolute Gasteiger partial charge is 0.332 e. The number of hydrogen-bond donors (Lipinski definition) is 3. The van der Waals surface area contributed by atoms with E-state index in [-0.39, 0.29) is 0 Å². The van der Waals surface area contributed by atoms with E-state index < -0.39 is 18.1 Å². The minimum atomic E-state index is -1.20. The highest BCUT2D eigenvalue weighted by Crippen LogP contribution is 1.96. The molecule has 7 nitrogen and oxygen atoms in total. The fourth-order valence-corrected chi connectivity index (χ4v) is 0.600. The third-order valence-electron chi connectivity index (χ3n) is 1.23. The van der Waals surface area contributed by atoms with Crippen LogP contribution in [0.25, 0.3) is 0 Å². The molecule has 0 bridgehead atoms. The maximum atomic E-state index is 10.8. The van der Waals surface area contributed by atoms with E-state index in [1.165, 1.54) is 0 Å². The van der Waals surface area contributed by atoms with Crippen LogP contribution in [0.3, 0.4) is 0 Å². The molecule has 0 aliphatic heterocycles. The number of carbonyl (C=O) groups is 2. The van der Waals surface area contributed by atoms with Crippen LogP contribution in [0.5, 0.6) is 0 Å². The molecule has 0 heterocycles. The van der Waals surface area contributed by atoms with Crippen molar-refractivity contribution in [1.82, 2.24) is 0 Å². The molecule has 0 saturated carbocycles. The summed E-state index contributed by atoms with van der Waals surface area (Å²) in [4.78, 5) is 28.6. The average Bonchev–Trinajstić information content (AvgIpc) is 2.10. The predicted octanol–water partition coefficient (Wildman–Crippen LogP) is -1.39. The van der Waals surface area contributed by atoms with Gasteiger partial charge in [-0.25, -0.2) is 19.4 Å². The Morgan fingerprint density at radius 3 is 2.38 bits per heavy atom. The molecule has 0 saturated heterocycles. The van der Waals surface area contributed by atoms with Crippen molar-refractivity contribution in [2.24, 2.45) is 17.2 Å². The molecule has 7 heteroatoms. The number of amides is 1. The van der Waals surface area contributed by atoms with Crippen molar-refractivity contribution in [2.45, 2.75) is 18.9 Å². The van der Waals surface area contributed by atoms with Crippen LogP contribution in [0.2, 0.25) is 0 Å². The SMILES string of the molecule is NCCCC(N)C(=O)OOC(N)=O. The summed E-state index contributed by atoms with van der Waals surface area (Å²) >= 11 is 0. The molecule has 0 spiro atoms. The summed E-state index contributed by atoms with van der Waals surface area (Å²) in [6.07, 6.45) is -0.232. The minimum Gasteiger partial charge on any atom is -0.332 e. The van der Waals surface area contributed by atoms with Gasteiger partial charge >= 0.3 is 12.1 Å². The van der Waals surface area contributed by atoms with Gasteiger partial charge in [0, 0.05) is 0 Å². The molecule has 6 N–H and O–H groups in total. The third-order valence-corrected chi connectivity index (χ3v) is 1.23. The lowest BCUT2D eigenvalue weighted by Gasteiger charge is -2.07. The van der Waals surface area contributed by atoms with Crippen LogP contribution in [-0.4, -0.2) is 24.6 Å². The Hall–Kier alpha value is -1.34. The van der Waals surface area contributed by atoms with Crippen LogP contribution in [0.15, 0.2) is 0 Å². The van der Waals surface area contributed by atoms with Crippen LogP contribution < -0.4 is 17.2 Å². The van der Waals surface area contributed by atoms with Crippen LogP contribution in [0.4, 0.5) is 4.79 Å². The van der Waals surface area contributed by atoms with Crippen LogP contribution in [0.1, 0.15) is 12.8 Å². The highest BCUT2D eigenvalue weighted by molar-refractivity contribution is 5.76. The summed E-state index contributed by atoms with van der Waals surface area (Å²) in [7, 11) is 0. The molecule has 1 amide bonds. The number of carbonyl (C=O) groups excluding carboxylic acids is 2. The first-order chi connectivity index (χ1) is 6.07. The van der Waals surface area contributed by atoms with Gasteiger partial charge in [-0.15, -0.1) is 0 Å². The van der Waals surface area contributed by atoms with Gasteiger partial charge in [0.25, 0.3) is 0 Å². The predicted molar refractivity (Wildman–Crippen MR) is 43.0 cm³/mol. The maximum Gasteiger partial charge on any atom is 0.447 e. The van der Waals surface area contributed by atoms with Gasteiger partial charge in [-0.3, -0.25) is 0 Å². The number of rotatable bonds is 4. The highest BCUT2D eigenvalue weighted by atomic mass is 17.2. The topological polar surface area (TPSA) is 131 Å². The molecule has 0 fully saturated rings. The maximum absolute atomic E-state index is 10.8. The van der Waals surface area contributed by atoms with Crippen molar-refractivity contribution in [3.63, 3.8) is 0 Å². The number of primary amides is 1. The largest absolute Gasteiger partial charge is 0.447 e. The Balaban J connectivity index is 3.63. The minimum absolute atomic E-state index is 0.372. The van der Waals surface area contributed by atoms with Gasteiger partial charge in [0.05, 0.1) is 0 Å². The summed E-state index contributed by atoms with van der Waals surface area (Å²) in [5.74, 6) is -0.841. The third kappa shape index (κ3) is 5.88. The van der Waals surface area contributed by atoms with Gasteiger partial charge in [-0.1, -0.05) is 0 Å². The quantitative estimate of drug-likeness (QED) is 0.370. The molecule has 76 valence electrons. The zero-order valence-electron chi connectivity index (χ0n) is 7.06. The highest BCUT2D eigenvalue weighted by Gasteiger charge is 2.16. The van der Waals surface area contributed by atoms with Crippen LogP contribution in [0, 0.1) is 0 Å². The monoisotopic (exact) mass is 191 g/mol. The fraction of sp³-hybridized carbons (Fsp3) is 0.667. The standard InChI is InChI=1S/C6H13N3O4/c7-3-1-2-4(8)5(10)12-13-6(9)11/h4H,1-3,7-8H2,(H2,9,11). The molecule has 0 aliphatic carbocycles. The van der Waals surface area contributed by atoms with Crippen LogP contribution >= 0.6 is 0 Å². The van der Waals surface area contributed by atoms with Gasteiger partial charge < -0.3 is 17.2 Å². The lowest BCUT2D eigenvalue weighted by molar-refractivity contribution is -0.232. The van der Waals surface area contributed by atoms with Gasteiger partial charge in [-0.2, -0.15) is 0 Å². The molecule has 1 atom stereocenters. The lowest BCUT2D eigenvalue weighted by atomic mass is 10.2. The second-order valence-corrected chi connectivity index (χ2v) is 2.34. The summed E-state index contributed by atoms with van der Waals surface area (Å²) in [6, 6.07) is -0.845. The van der Waals surface area contributed by atoms with Crippen molar-refractivity contribution < 1.29 is 19.4 Å². The zero-order chi connectivity index (χ0) is 10.3. The van der Waals surface area contributed by atoms with E-state index in [0.717, 1.165) is 0 Å². The Morgan fingerprint density at radius 1 is 1.31 bits per heavy atom. The van der Waals surface area contributed by atoms with E-state index in [0.29, 0.717) is 19.4 Å². The van der Waals surface area contributed by atoms with E-state index >= 15 is 0 Å². The van der Waals surface area contributed by atoms with Crippen molar-refractivity contribution >= 4 is 12.1 Å². The van der Waals surface area contributed by atoms with Crippen molar-refractivity contribution in [1.29, 1.82) is 0 Å². The Kier molecular flexibility index (Phi) is 5.57. The lowest BCUT2D eigenvalue weighted by Crippen LogP contribution is -2.33. The normalized spacial score (nSPS) is 11.8. The summed E-state index contributed by atoms with van der Waals surface area (Å²) in [5.41, 5.74) is 15.1. The van der Waals surface area contributed by atoms with Crippen molar-refractivity contribution in [2.75, 3.05) is 6.54 Å². The molecule has 13 heavy (non-hydrogen) atoms. The first-order valence-corrected chi connectivity index (χ1v) is 3.71. The number of nitrogens with two attached hydrogens (primary N) is 3. The molecule has 0 aromatic rings. The van der Waals surface area contributed by atoms with Gasteiger partial charge in [0.15, 0.2) is 0 Å². The molecule has 0 aliphatic rings. The molecule has 0 aromatic heterocycles. The van der Waals surface area contributed by atoms with Crippen LogP contribution in [-0.2, 0) is 14.6 Å². The average molecular weight is 191 g/mol. The second-order valence-electron chi connectivity index (χ2n) is 2.34. The summed E-state index contributed by atoms with van der Waals surface area (Å²) in [6.45, 7) is 0.428. The van der Waals surface area contributed by atoms with E-state index in [1.807, 2.05) is 0 Å². The van der Waals surface area contributed by atoms with Crippen molar-refractivity contribution in [3.8, 4) is 0 Å². The molecular formula is C6H13N3O4. The van der Waals surface area contributed by atoms with Gasteiger partial charge in [0.2, 0.25) is 0 Å². The van der Waals surface area contributed by atoms with E-state index in [2.05, 4.69) is 15.5 Å². The Morgan fingerprint density at radius 2 is 1.92 bits per heavy atom. The van der Waals surface area contributed by atoms with Gasteiger partial charge in [-0.05, 0) is 19.4 Å². The molecule has 0 rings (SSSR count). The number of hydrogen-bond acceptors (Lipinski definition) is 6. The molecular weight excluding hydrogens is 178 g/mol. The van der Waals surface area contributed by atoms with Crippen molar-refractivity contribution in [3.05, 3.63) is 0 Å².